The Hall–Kier alpha value is 0.650. The van der Waals surface area contributed by atoms with Gasteiger partial charge in [-0.2, -0.15) is 0 Å². The Morgan fingerprint density at radius 3 is 3.09 bits per heavy atom. The Balaban J connectivity index is 1.92. The van der Waals surface area contributed by atoms with Gasteiger partial charge in [0.2, 0.25) is 0 Å². The second-order valence-electron chi connectivity index (χ2n) is 3.31. The molecule has 0 saturated carbocycles. The molecule has 2 aliphatic heterocycles. The average Bonchev–Trinajstić information content (AvgIpc) is 2.46. The molecule has 0 aromatic rings. The number of ether oxygens (including phenoxy) is 2. The predicted octanol–water partition coefficient (Wildman–Crippen LogP) is 1.62. The highest BCUT2D eigenvalue weighted by atomic mass is 127. The lowest BCUT2D eigenvalue weighted by molar-refractivity contribution is -0.0325. The van der Waals surface area contributed by atoms with Gasteiger partial charge in [0.05, 0.1) is 18.8 Å². The first-order chi connectivity index (χ1) is 5.40. The van der Waals surface area contributed by atoms with Crippen LogP contribution in [0.5, 0.6) is 0 Å². The zero-order chi connectivity index (χ0) is 7.68. The van der Waals surface area contributed by atoms with Crippen molar-refractivity contribution in [3.05, 3.63) is 0 Å². The molecule has 0 bridgehead atoms. The Morgan fingerprint density at radius 1 is 1.45 bits per heavy atom. The van der Waals surface area contributed by atoms with Crippen molar-refractivity contribution in [1.29, 1.82) is 0 Å². The van der Waals surface area contributed by atoms with Crippen molar-refractivity contribution in [3.8, 4) is 0 Å². The number of hydrogen-bond acceptors (Lipinski definition) is 2. The van der Waals surface area contributed by atoms with E-state index in [0.717, 1.165) is 24.1 Å². The largest absolute Gasteiger partial charge is 0.381 e. The van der Waals surface area contributed by atoms with Crippen LogP contribution in [-0.2, 0) is 9.47 Å². The molecule has 2 nitrogen and oxygen atoms in total. The summed E-state index contributed by atoms with van der Waals surface area (Å²) in [4.78, 5) is 0. The molecule has 0 aromatic carbocycles. The van der Waals surface area contributed by atoms with E-state index in [9.17, 15) is 0 Å². The molecule has 0 spiro atoms. The molecule has 2 rings (SSSR count). The van der Waals surface area contributed by atoms with Gasteiger partial charge in [-0.3, -0.25) is 0 Å². The molecule has 0 radical (unpaired) electrons. The van der Waals surface area contributed by atoms with Crippen LogP contribution in [0, 0.1) is 5.92 Å². The lowest BCUT2D eigenvalue weighted by Gasteiger charge is -2.23. The molecule has 2 heterocycles. The van der Waals surface area contributed by atoms with Gasteiger partial charge in [-0.05, 0) is 12.8 Å². The molecular formula is C8H13IO2. The van der Waals surface area contributed by atoms with E-state index >= 15 is 0 Å². The van der Waals surface area contributed by atoms with Crippen molar-refractivity contribution in [2.75, 3.05) is 17.6 Å². The monoisotopic (exact) mass is 268 g/mol. The van der Waals surface area contributed by atoms with E-state index < -0.39 is 0 Å². The first-order valence-corrected chi connectivity index (χ1v) is 5.72. The predicted molar refractivity (Wildman–Crippen MR) is 51.1 cm³/mol. The maximum Gasteiger partial charge on any atom is 0.0672 e. The molecule has 3 unspecified atom stereocenters. The minimum atomic E-state index is 0.507. The summed E-state index contributed by atoms with van der Waals surface area (Å²) in [6.07, 6.45) is 3.35. The molecule has 3 atom stereocenters. The Labute approximate surface area is 80.8 Å². The van der Waals surface area contributed by atoms with Gasteiger partial charge in [0.1, 0.15) is 0 Å². The SMILES string of the molecule is ICC1CC2COCCC2O1. The summed E-state index contributed by atoms with van der Waals surface area (Å²) in [5.74, 6) is 0.698. The molecule has 2 fully saturated rings. The summed E-state index contributed by atoms with van der Waals surface area (Å²) < 4.78 is 12.4. The van der Waals surface area contributed by atoms with E-state index in [-0.39, 0.29) is 0 Å². The van der Waals surface area contributed by atoms with E-state index in [1.165, 1.54) is 6.42 Å². The lowest BCUT2D eigenvalue weighted by atomic mass is 9.97. The third-order valence-electron chi connectivity index (χ3n) is 2.51. The van der Waals surface area contributed by atoms with Crippen LogP contribution in [0.15, 0.2) is 0 Å². The van der Waals surface area contributed by atoms with Crippen LogP contribution in [0.25, 0.3) is 0 Å². The highest BCUT2D eigenvalue weighted by Gasteiger charge is 2.36. The molecule has 2 aliphatic rings. The van der Waals surface area contributed by atoms with Gasteiger partial charge in [-0.1, -0.05) is 22.6 Å². The summed E-state index contributed by atoms with van der Waals surface area (Å²) in [7, 11) is 0. The molecule has 11 heavy (non-hydrogen) atoms. The minimum Gasteiger partial charge on any atom is -0.381 e. The number of rotatable bonds is 1. The fraction of sp³-hybridized carbons (Fsp3) is 1.00. The van der Waals surface area contributed by atoms with Crippen LogP contribution in [0.1, 0.15) is 12.8 Å². The van der Waals surface area contributed by atoms with E-state index in [1.807, 2.05) is 0 Å². The summed E-state index contributed by atoms with van der Waals surface area (Å²) in [6, 6.07) is 0. The molecule has 3 heteroatoms. The third kappa shape index (κ3) is 1.70. The number of fused-ring (bicyclic) bond motifs is 1. The van der Waals surface area contributed by atoms with Crippen molar-refractivity contribution in [3.63, 3.8) is 0 Å². The van der Waals surface area contributed by atoms with Crippen molar-refractivity contribution in [2.24, 2.45) is 5.92 Å². The Morgan fingerprint density at radius 2 is 2.36 bits per heavy atom. The topological polar surface area (TPSA) is 18.5 Å². The summed E-state index contributed by atoms with van der Waals surface area (Å²) in [5, 5.41) is 0. The zero-order valence-electron chi connectivity index (χ0n) is 6.46. The molecule has 0 aliphatic carbocycles. The quantitative estimate of drug-likeness (QED) is 0.531. The van der Waals surface area contributed by atoms with Gasteiger partial charge in [0, 0.05) is 17.0 Å². The third-order valence-corrected chi connectivity index (χ3v) is 3.49. The van der Waals surface area contributed by atoms with Gasteiger partial charge in [0.25, 0.3) is 0 Å². The maximum absolute atomic E-state index is 5.83. The maximum atomic E-state index is 5.83. The molecule has 2 saturated heterocycles. The molecule has 0 N–H and O–H groups in total. The van der Waals surface area contributed by atoms with Crippen LogP contribution in [0.3, 0.4) is 0 Å². The number of alkyl halides is 1. The Bertz CT molecular complexity index is 126. The average molecular weight is 268 g/mol. The number of hydrogen-bond donors (Lipinski definition) is 0. The van der Waals surface area contributed by atoms with Gasteiger partial charge >= 0.3 is 0 Å². The van der Waals surface area contributed by atoms with Crippen molar-refractivity contribution in [2.45, 2.75) is 25.0 Å². The second kappa shape index (κ2) is 3.58. The normalized spacial score (nSPS) is 43.9. The minimum absolute atomic E-state index is 0.507. The van der Waals surface area contributed by atoms with Crippen LogP contribution in [-0.4, -0.2) is 29.8 Å². The van der Waals surface area contributed by atoms with Crippen LogP contribution < -0.4 is 0 Å². The Kier molecular flexibility index (Phi) is 2.69. The molecular weight excluding hydrogens is 255 g/mol. The van der Waals surface area contributed by atoms with Crippen molar-refractivity contribution >= 4 is 22.6 Å². The first-order valence-electron chi connectivity index (χ1n) is 4.19. The van der Waals surface area contributed by atoms with Gasteiger partial charge < -0.3 is 9.47 Å². The second-order valence-corrected chi connectivity index (χ2v) is 4.19. The van der Waals surface area contributed by atoms with Crippen LogP contribution >= 0.6 is 22.6 Å². The number of halogens is 1. The zero-order valence-corrected chi connectivity index (χ0v) is 8.62. The lowest BCUT2D eigenvalue weighted by Crippen LogP contribution is -2.28. The molecule has 0 aromatic heterocycles. The summed E-state index contributed by atoms with van der Waals surface area (Å²) >= 11 is 2.40. The van der Waals surface area contributed by atoms with E-state index in [0.29, 0.717) is 18.1 Å². The fourth-order valence-electron chi connectivity index (χ4n) is 1.92. The highest BCUT2D eigenvalue weighted by Crippen LogP contribution is 2.32. The highest BCUT2D eigenvalue weighted by molar-refractivity contribution is 14.1. The van der Waals surface area contributed by atoms with Gasteiger partial charge in [-0.25, -0.2) is 0 Å². The smallest absolute Gasteiger partial charge is 0.0672 e. The van der Waals surface area contributed by atoms with Crippen molar-refractivity contribution < 1.29 is 9.47 Å². The van der Waals surface area contributed by atoms with Gasteiger partial charge in [0.15, 0.2) is 0 Å². The van der Waals surface area contributed by atoms with E-state index in [4.69, 9.17) is 9.47 Å². The van der Waals surface area contributed by atoms with Crippen molar-refractivity contribution in [1.82, 2.24) is 0 Å². The summed E-state index contributed by atoms with van der Waals surface area (Å²) in [5.41, 5.74) is 0. The van der Waals surface area contributed by atoms with E-state index in [2.05, 4.69) is 22.6 Å². The van der Waals surface area contributed by atoms with E-state index in [1.54, 1.807) is 0 Å². The first kappa shape index (κ1) is 8.26. The van der Waals surface area contributed by atoms with Gasteiger partial charge in [-0.15, -0.1) is 0 Å². The standard InChI is InChI=1S/C8H13IO2/c9-4-7-3-6-5-10-2-1-8(6)11-7/h6-8H,1-5H2. The fourth-order valence-corrected chi connectivity index (χ4v) is 2.48. The van der Waals surface area contributed by atoms with Crippen LogP contribution in [0.4, 0.5) is 0 Å². The van der Waals surface area contributed by atoms with Crippen LogP contribution in [0.2, 0.25) is 0 Å². The molecule has 64 valence electrons. The molecule has 0 amide bonds. The summed E-state index contributed by atoms with van der Waals surface area (Å²) in [6.45, 7) is 1.83.